The maximum absolute atomic E-state index is 13.6. The van der Waals surface area contributed by atoms with Crippen molar-refractivity contribution in [2.75, 3.05) is 5.32 Å². The van der Waals surface area contributed by atoms with Crippen LogP contribution in [0.4, 0.5) is 23.5 Å². The van der Waals surface area contributed by atoms with Crippen molar-refractivity contribution in [2.24, 2.45) is 0 Å². The van der Waals surface area contributed by atoms with Gasteiger partial charge in [0.05, 0.1) is 17.3 Å². The van der Waals surface area contributed by atoms with Crippen molar-refractivity contribution in [3.63, 3.8) is 0 Å². The van der Waals surface area contributed by atoms with Gasteiger partial charge < -0.3 is 0 Å². The maximum Gasteiger partial charge on any atom is 0.418 e. The van der Waals surface area contributed by atoms with Crippen molar-refractivity contribution < 1.29 is 22.4 Å². The fourth-order valence-electron chi connectivity index (χ4n) is 2.96. The van der Waals surface area contributed by atoms with E-state index in [2.05, 4.69) is 30.7 Å². The first-order valence-corrected chi connectivity index (χ1v) is 8.55. The zero-order valence-electron chi connectivity index (χ0n) is 15.3. The van der Waals surface area contributed by atoms with Crippen molar-refractivity contribution in [1.82, 2.24) is 25.4 Å². The van der Waals surface area contributed by atoms with Crippen molar-refractivity contribution in [1.29, 1.82) is 0 Å². The number of rotatable bonds is 3. The molecule has 0 unspecified atom stereocenters. The number of anilines is 1. The average Bonchev–Trinajstić information content (AvgIpc) is 3.15. The van der Waals surface area contributed by atoms with Crippen molar-refractivity contribution >= 4 is 22.8 Å². The molecule has 2 N–H and O–H groups in total. The minimum absolute atomic E-state index is 0.0318. The Hall–Kier alpha value is -3.89. The average molecular weight is 416 g/mol. The Morgan fingerprint density at radius 2 is 1.77 bits per heavy atom. The number of aromatic amines is 1. The van der Waals surface area contributed by atoms with E-state index < -0.39 is 23.5 Å². The first kappa shape index (κ1) is 19.4. The number of amides is 1. The van der Waals surface area contributed by atoms with Gasteiger partial charge >= 0.3 is 6.18 Å². The quantitative estimate of drug-likeness (QED) is 0.488. The topological polar surface area (TPSA) is 96.5 Å². The summed E-state index contributed by atoms with van der Waals surface area (Å²) in [6.45, 7) is 1.25. The number of H-pyrrole nitrogens is 1. The summed E-state index contributed by atoms with van der Waals surface area (Å²) in [4.78, 5) is 15.5. The first-order chi connectivity index (χ1) is 14.2. The molecule has 30 heavy (non-hydrogen) atoms. The molecule has 152 valence electrons. The summed E-state index contributed by atoms with van der Waals surface area (Å²) < 4.78 is 54.1. The Balaban J connectivity index is 1.96. The van der Waals surface area contributed by atoms with Crippen molar-refractivity contribution in [2.45, 2.75) is 13.1 Å². The molecule has 4 aromatic rings. The lowest BCUT2D eigenvalue weighted by molar-refractivity contribution is -0.136. The lowest BCUT2D eigenvalue weighted by Crippen LogP contribution is -2.12. The molecule has 2 aromatic heterocycles. The molecule has 0 bridgehead atoms. The van der Waals surface area contributed by atoms with Crippen molar-refractivity contribution in [3.8, 4) is 22.5 Å². The SMILES string of the molecule is CC(=O)Nc1nnc(-c2cc(C(F)(F)F)c3[nH]ncc3c2)c(-c2ccc(F)cc2)n1. The van der Waals surface area contributed by atoms with Crippen LogP contribution in [0.2, 0.25) is 0 Å². The molecule has 1 amide bonds. The fraction of sp³-hybridized carbons (Fsp3) is 0.105. The molecule has 4 rings (SSSR count). The number of halogens is 4. The largest absolute Gasteiger partial charge is 0.418 e. The molecule has 11 heteroatoms. The molecule has 0 aliphatic rings. The van der Waals surface area contributed by atoms with E-state index in [-0.39, 0.29) is 33.8 Å². The number of nitrogens with one attached hydrogen (secondary N) is 2. The summed E-state index contributed by atoms with van der Waals surface area (Å²) in [6.07, 6.45) is -3.38. The Morgan fingerprint density at radius 3 is 2.43 bits per heavy atom. The van der Waals surface area contributed by atoms with Crippen LogP contribution >= 0.6 is 0 Å². The highest BCUT2D eigenvalue weighted by Gasteiger charge is 2.34. The molecule has 0 fully saturated rings. The third kappa shape index (κ3) is 3.69. The molecule has 2 heterocycles. The first-order valence-electron chi connectivity index (χ1n) is 8.55. The Bertz CT molecular complexity index is 1250. The minimum atomic E-state index is -4.65. The van der Waals surface area contributed by atoms with Gasteiger partial charge in [0.2, 0.25) is 11.9 Å². The Labute approximate surface area is 166 Å². The number of fused-ring (bicyclic) bond motifs is 1. The van der Waals surface area contributed by atoms with Gasteiger partial charge in [-0.05, 0) is 36.4 Å². The molecular weight excluding hydrogens is 404 g/mol. The molecule has 0 aliphatic heterocycles. The molecule has 0 saturated carbocycles. The molecule has 0 radical (unpaired) electrons. The van der Waals surface area contributed by atoms with Crippen LogP contribution in [0.1, 0.15) is 12.5 Å². The van der Waals surface area contributed by atoms with E-state index >= 15 is 0 Å². The molecule has 0 aliphatic carbocycles. The third-order valence-corrected chi connectivity index (χ3v) is 4.22. The summed E-state index contributed by atoms with van der Waals surface area (Å²) in [5.74, 6) is -1.08. The predicted molar refractivity (Wildman–Crippen MR) is 99.6 cm³/mol. The predicted octanol–water partition coefficient (Wildman–Crippen LogP) is 4.20. The van der Waals surface area contributed by atoms with Gasteiger partial charge in [-0.1, -0.05) is 0 Å². The van der Waals surface area contributed by atoms with E-state index in [1.54, 1.807) is 0 Å². The number of benzene rings is 2. The minimum Gasteiger partial charge on any atom is -0.293 e. The zero-order valence-corrected chi connectivity index (χ0v) is 15.3. The van der Waals surface area contributed by atoms with Crippen LogP contribution in [-0.4, -0.2) is 31.3 Å². The number of aromatic nitrogens is 5. The van der Waals surface area contributed by atoms with Crippen LogP contribution in [-0.2, 0) is 11.0 Å². The highest BCUT2D eigenvalue weighted by atomic mass is 19.4. The summed E-state index contributed by atoms with van der Waals surface area (Å²) >= 11 is 0. The smallest absolute Gasteiger partial charge is 0.293 e. The summed E-state index contributed by atoms with van der Waals surface area (Å²) in [6, 6.07) is 7.55. The molecule has 0 saturated heterocycles. The van der Waals surface area contributed by atoms with E-state index in [1.165, 1.54) is 43.5 Å². The number of hydrogen-bond donors (Lipinski definition) is 2. The molecule has 7 nitrogen and oxygen atoms in total. The highest BCUT2D eigenvalue weighted by molar-refractivity contribution is 5.90. The summed E-state index contributed by atoms with van der Waals surface area (Å²) in [5.41, 5.74) is -0.455. The summed E-state index contributed by atoms with van der Waals surface area (Å²) in [5, 5.41) is 16.4. The number of carbonyl (C=O) groups is 1. The van der Waals surface area contributed by atoms with Gasteiger partial charge in [0, 0.05) is 23.4 Å². The lowest BCUT2D eigenvalue weighted by atomic mass is 10.00. The van der Waals surface area contributed by atoms with Gasteiger partial charge in [0.15, 0.2) is 0 Å². The second kappa shape index (κ2) is 7.17. The monoisotopic (exact) mass is 416 g/mol. The number of carbonyl (C=O) groups excluding carboxylic acids is 1. The van der Waals surface area contributed by atoms with Crippen LogP contribution in [0.5, 0.6) is 0 Å². The van der Waals surface area contributed by atoms with Crippen LogP contribution in [0.15, 0.2) is 42.6 Å². The normalized spacial score (nSPS) is 11.6. The second-order valence-corrected chi connectivity index (χ2v) is 6.38. The van der Waals surface area contributed by atoms with Crippen LogP contribution in [0.25, 0.3) is 33.4 Å². The van der Waals surface area contributed by atoms with E-state index in [0.717, 1.165) is 6.07 Å². The molecule has 2 aromatic carbocycles. The van der Waals surface area contributed by atoms with Crippen LogP contribution < -0.4 is 5.32 Å². The highest BCUT2D eigenvalue weighted by Crippen LogP contribution is 2.38. The van der Waals surface area contributed by atoms with Gasteiger partial charge in [0.1, 0.15) is 17.2 Å². The van der Waals surface area contributed by atoms with E-state index in [9.17, 15) is 22.4 Å². The number of nitrogens with zero attached hydrogens (tertiary/aromatic N) is 4. The van der Waals surface area contributed by atoms with Gasteiger partial charge in [0.25, 0.3) is 0 Å². The van der Waals surface area contributed by atoms with Gasteiger partial charge in [-0.3, -0.25) is 15.2 Å². The summed E-state index contributed by atoms with van der Waals surface area (Å²) in [7, 11) is 0. The number of hydrogen-bond acceptors (Lipinski definition) is 5. The maximum atomic E-state index is 13.6. The van der Waals surface area contributed by atoms with Gasteiger partial charge in [-0.2, -0.15) is 18.3 Å². The van der Waals surface area contributed by atoms with E-state index in [4.69, 9.17) is 0 Å². The van der Waals surface area contributed by atoms with Crippen LogP contribution in [0.3, 0.4) is 0 Å². The molecular formula is C19H12F4N6O. The fourth-order valence-corrected chi connectivity index (χ4v) is 2.96. The lowest BCUT2D eigenvalue weighted by Gasteiger charge is -2.13. The Morgan fingerprint density at radius 1 is 1.03 bits per heavy atom. The Kier molecular flexibility index (Phi) is 4.65. The number of alkyl halides is 3. The van der Waals surface area contributed by atoms with Gasteiger partial charge in [-0.15, -0.1) is 10.2 Å². The van der Waals surface area contributed by atoms with E-state index in [0.29, 0.717) is 5.56 Å². The zero-order chi connectivity index (χ0) is 21.5. The third-order valence-electron chi connectivity index (χ3n) is 4.22. The van der Waals surface area contributed by atoms with E-state index in [1.807, 2.05) is 0 Å². The second-order valence-electron chi connectivity index (χ2n) is 6.38. The molecule has 0 spiro atoms. The van der Waals surface area contributed by atoms with Gasteiger partial charge in [-0.25, -0.2) is 9.37 Å². The standard InChI is InChI=1S/C19H12F4N6O/c1-9(30)25-18-26-16(10-2-4-13(20)5-3-10)17(28-29-18)11-6-12-8-24-27-15(12)14(7-11)19(21,22)23/h2-8H,1H3,(H,24,27)(H,25,26,29,30). The van der Waals surface area contributed by atoms with Crippen LogP contribution in [0, 0.1) is 5.82 Å². The van der Waals surface area contributed by atoms with Crippen molar-refractivity contribution in [3.05, 3.63) is 54.0 Å². The molecule has 0 atom stereocenters.